The SMILES string of the molecule is O=C(NCCc1ccncc1)[C@H]1[C@@H]2CCN(C(=O)c3cc4ccccc4n3Cc3ccc(Cl)cc3)C[C@@H]21. The lowest BCUT2D eigenvalue weighted by Gasteiger charge is -2.26. The van der Waals surface area contributed by atoms with Gasteiger partial charge in [-0.2, -0.15) is 0 Å². The van der Waals surface area contributed by atoms with Crippen LogP contribution in [-0.2, 0) is 17.8 Å². The molecule has 0 bridgehead atoms. The second-order valence-electron chi connectivity index (χ2n) is 10.1. The molecule has 6 rings (SSSR count). The number of piperidine rings is 1. The number of carbonyl (C=O) groups excluding carboxylic acids is 2. The van der Waals surface area contributed by atoms with E-state index in [1.54, 1.807) is 12.4 Å². The zero-order chi connectivity index (χ0) is 25.4. The average molecular weight is 513 g/mol. The number of pyridine rings is 1. The lowest BCUT2D eigenvalue weighted by Crippen LogP contribution is -2.38. The minimum Gasteiger partial charge on any atom is -0.356 e. The smallest absolute Gasteiger partial charge is 0.270 e. The van der Waals surface area contributed by atoms with Gasteiger partial charge < -0.3 is 14.8 Å². The van der Waals surface area contributed by atoms with Crippen LogP contribution < -0.4 is 5.32 Å². The van der Waals surface area contributed by atoms with Gasteiger partial charge in [-0.3, -0.25) is 14.6 Å². The molecule has 1 saturated carbocycles. The van der Waals surface area contributed by atoms with E-state index in [-0.39, 0.29) is 23.7 Å². The predicted octanol–water partition coefficient (Wildman–Crippen LogP) is 4.81. The summed E-state index contributed by atoms with van der Waals surface area (Å²) in [4.78, 5) is 32.6. The number of halogens is 1. The number of carbonyl (C=O) groups is 2. The van der Waals surface area contributed by atoms with Gasteiger partial charge in [-0.15, -0.1) is 0 Å². The molecule has 2 aromatic heterocycles. The number of nitrogens with zero attached hydrogens (tertiary/aromatic N) is 3. The van der Waals surface area contributed by atoms with Crippen LogP contribution in [0.2, 0.25) is 5.02 Å². The maximum absolute atomic E-state index is 13.8. The molecule has 2 fully saturated rings. The van der Waals surface area contributed by atoms with Gasteiger partial charge in [-0.05, 0) is 72.2 Å². The third kappa shape index (κ3) is 4.86. The number of fused-ring (bicyclic) bond motifs is 2. The zero-order valence-electron chi connectivity index (χ0n) is 20.5. The number of likely N-dealkylation sites (tertiary alicyclic amines) is 1. The molecular formula is C30H29ClN4O2. The summed E-state index contributed by atoms with van der Waals surface area (Å²) in [7, 11) is 0. The lowest BCUT2D eigenvalue weighted by atomic mass is 10.1. The van der Waals surface area contributed by atoms with Crippen LogP contribution in [0.5, 0.6) is 0 Å². The van der Waals surface area contributed by atoms with Gasteiger partial charge in [-0.1, -0.05) is 41.9 Å². The Labute approximate surface area is 221 Å². The van der Waals surface area contributed by atoms with E-state index < -0.39 is 0 Å². The summed E-state index contributed by atoms with van der Waals surface area (Å²) in [6.45, 7) is 2.53. The molecule has 3 atom stereocenters. The van der Waals surface area contributed by atoms with Gasteiger partial charge in [0.25, 0.3) is 5.91 Å². The Bertz CT molecular complexity index is 1430. The molecule has 37 heavy (non-hydrogen) atoms. The van der Waals surface area contributed by atoms with Crippen molar-refractivity contribution in [2.75, 3.05) is 19.6 Å². The molecular weight excluding hydrogens is 484 g/mol. The van der Waals surface area contributed by atoms with Gasteiger partial charge in [-0.25, -0.2) is 0 Å². The molecule has 2 amide bonds. The van der Waals surface area contributed by atoms with E-state index in [0.717, 1.165) is 34.9 Å². The summed E-state index contributed by atoms with van der Waals surface area (Å²) in [6, 6.07) is 21.8. The van der Waals surface area contributed by atoms with E-state index in [9.17, 15) is 9.59 Å². The second kappa shape index (κ2) is 10.0. The summed E-state index contributed by atoms with van der Waals surface area (Å²) >= 11 is 6.08. The van der Waals surface area contributed by atoms with E-state index in [4.69, 9.17) is 11.6 Å². The summed E-state index contributed by atoms with van der Waals surface area (Å²) in [5, 5.41) is 4.85. The van der Waals surface area contributed by atoms with Crippen molar-refractivity contribution >= 4 is 34.3 Å². The van der Waals surface area contributed by atoms with Crippen molar-refractivity contribution in [3.63, 3.8) is 0 Å². The summed E-state index contributed by atoms with van der Waals surface area (Å²) in [6.07, 6.45) is 5.20. The molecule has 2 aromatic carbocycles. The first-order valence-electron chi connectivity index (χ1n) is 12.9. The van der Waals surface area contributed by atoms with Crippen LogP contribution in [0, 0.1) is 17.8 Å². The molecule has 1 saturated heterocycles. The number of hydrogen-bond donors (Lipinski definition) is 1. The molecule has 0 spiro atoms. The van der Waals surface area contributed by atoms with Gasteiger partial charge in [0, 0.05) is 60.4 Å². The summed E-state index contributed by atoms with van der Waals surface area (Å²) < 4.78 is 2.10. The fraction of sp³-hybridized carbons (Fsp3) is 0.300. The highest BCUT2D eigenvalue weighted by molar-refractivity contribution is 6.30. The van der Waals surface area contributed by atoms with Crippen molar-refractivity contribution in [2.24, 2.45) is 17.8 Å². The van der Waals surface area contributed by atoms with Crippen LogP contribution in [0.4, 0.5) is 0 Å². The topological polar surface area (TPSA) is 67.2 Å². The minimum absolute atomic E-state index is 0.00941. The number of hydrogen-bond acceptors (Lipinski definition) is 3. The Hall–Kier alpha value is -3.64. The fourth-order valence-corrected chi connectivity index (χ4v) is 5.93. The van der Waals surface area contributed by atoms with E-state index in [0.29, 0.717) is 42.8 Å². The van der Waals surface area contributed by atoms with Crippen LogP contribution in [0.25, 0.3) is 10.9 Å². The lowest BCUT2D eigenvalue weighted by molar-refractivity contribution is -0.122. The number of para-hydroxylation sites is 1. The van der Waals surface area contributed by atoms with Crippen molar-refractivity contribution in [1.82, 2.24) is 19.8 Å². The van der Waals surface area contributed by atoms with E-state index in [2.05, 4.69) is 20.9 Å². The second-order valence-corrected chi connectivity index (χ2v) is 10.5. The van der Waals surface area contributed by atoms with Gasteiger partial charge in [0.05, 0.1) is 0 Å². The molecule has 0 radical (unpaired) electrons. The molecule has 4 aromatic rings. The molecule has 0 unspecified atom stereocenters. The van der Waals surface area contributed by atoms with Crippen LogP contribution >= 0.6 is 11.6 Å². The van der Waals surface area contributed by atoms with Gasteiger partial charge in [0.15, 0.2) is 0 Å². The van der Waals surface area contributed by atoms with Gasteiger partial charge >= 0.3 is 0 Å². The van der Waals surface area contributed by atoms with Crippen LogP contribution in [0.3, 0.4) is 0 Å². The van der Waals surface area contributed by atoms with Crippen LogP contribution in [0.15, 0.2) is 79.1 Å². The summed E-state index contributed by atoms with van der Waals surface area (Å²) in [5.74, 6) is 0.787. The van der Waals surface area contributed by atoms with Gasteiger partial charge in [0.1, 0.15) is 5.69 Å². The quantitative estimate of drug-likeness (QED) is 0.386. The molecule has 188 valence electrons. The molecule has 1 aliphatic heterocycles. The Morgan fingerprint density at radius 1 is 0.973 bits per heavy atom. The standard InChI is InChI=1S/C30H29ClN4O2/c31-23-7-5-21(6-8-23)18-35-26-4-2-1-3-22(26)17-27(35)30(37)34-16-12-24-25(19-34)28(24)29(36)33-15-11-20-9-13-32-14-10-20/h1-10,13-14,17,24-25,28H,11-12,15-16,18-19H2,(H,33,36)/t24-,25+,28+/m1/s1. The predicted molar refractivity (Wildman–Crippen MR) is 144 cm³/mol. The Morgan fingerprint density at radius 3 is 2.57 bits per heavy atom. The van der Waals surface area contributed by atoms with E-state index in [1.807, 2.05) is 65.6 Å². The number of nitrogens with one attached hydrogen (secondary N) is 1. The van der Waals surface area contributed by atoms with E-state index in [1.165, 1.54) is 0 Å². The highest BCUT2D eigenvalue weighted by Crippen LogP contribution is 2.51. The number of rotatable bonds is 7. The van der Waals surface area contributed by atoms with Crippen LogP contribution in [-0.4, -0.2) is 45.9 Å². The summed E-state index contributed by atoms with van der Waals surface area (Å²) in [5.41, 5.74) is 3.97. The highest BCUT2D eigenvalue weighted by Gasteiger charge is 2.57. The molecule has 2 aliphatic rings. The number of aromatic nitrogens is 2. The molecule has 3 heterocycles. The number of benzene rings is 2. The Morgan fingerprint density at radius 2 is 1.76 bits per heavy atom. The van der Waals surface area contributed by atoms with Crippen molar-refractivity contribution in [3.05, 3.63) is 101 Å². The third-order valence-corrected chi connectivity index (χ3v) is 8.08. The normalized spacial score (nSPS) is 20.5. The Kier molecular flexibility index (Phi) is 6.43. The molecule has 1 aliphatic carbocycles. The molecule has 1 N–H and O–H groups in total. The van der Waals surface area contributed by atoms with Crippen molar-refractivity contribution in [3.8, 4) is 0 Å². The first-order chi connectivity index (χ1) is 18.1. The molecule has 6 nitrogen and oxygen atoms in total. The van der Waals surface area contributed by atoms with Crippen molar-refractivity contribution in [2.45, 2.75) is 19.4 Å². The minimum atomic E-state index is 0.00941. The van der Waals surface area contributed by atoms with Crippen molar-refractivity contribution in [1.29, 1.82) is 0 Å². The zero-order valence-corrected chi connectivity index (χ0v) is 21.3. The van der Waals surface area contributed by atoms with Crippen LogP contribution in [0.1, 0.15) is 28.0 Å². The average Bonchev–Trinajstić information content (AvgIpc) is 3.55. The van der Waals surface area contributed by atoms with Crippen molar-refractivity contribution < 1.29 is 9.59 Å². The Balaban J connectivity index is 1.14. The van der Waals surface area contributed by atoms with E-state index >= 15 is 0 Å². The molecule has 7 heteroatoms. The first kappa shape index (κ1) is 23.7. The fourth-order valence-electron chi connectivity index (χ4n) is 5.80. The largest absolute Gasteiger partial charge is 0.356 e. The highest BCUT2D eigenvalue weighted by atomic mass is 35.5. The number of amides is 2. The third-order valence-electron chi connectivity index (χ3n) is 7.83. The monoisotopic (exact) mass is 512 g/mol. The maximum Gasteiger partial charge on any atom is 0.270 e. The maximum atomic E-state index is 13.8. The first-order valence-corrected chi connectivity index (χ1v) is 13.2. The van der Waals surface area contributed by atoms with Gasteiger partial charge in [0.2, 0.25) is 5.91 Å².